The molecule has 2 aromatic rings. The Hall–Kier alpha value is -3.39. The number of rotatable bonds is 9. The highest BCUT2D eigenvalue weighted by molar-refractivity contribution is 8.03. The summed E-state index contributed by atoms with van der Waals surface area (Å²) in [6.45, 7) is 0.168. The number of carboxylic acids is 1. The van der Waals surface area contributed by atoms with Gasteiger partial charge in [0.1, 0.15) is 11.4 Å². The molecule has 12 nitrogen and oxygen atoms in total. The molecular formula is C19H18N6O6S2. The number of nitrogens with one attached hydrogen (secondary N) is 1. The van der Waals surface area contributed by atoms with Crippen LogP contribution in [0, 0.1) is 0 Å². The van der Waals surface area contributed by atoms with E-state index < -0.39 is 41.3 Å². The molecule has 1 unspecified atom stereocenters. The van der Waals surface area contributed by atoms with E-state index in [2.05, 4.69) is 20.8 Å². The molecule has 33 heavy (non-hydrogen) atoms. The lowest BCUT2D eigenvalue weighted by Crippen LogP contribution is -2.74. The summed E-state index contributed by atoms with van der Waals surface area (Å²) in [5, 5.41) is 25.1. The second kappa shape index (κ2) is 9.62. The molecule has 3 heterocycles. The summed E-state index contributed by atoms with van der Waals surface area (Å²) in [5.74, 6) is -2.09. The Morgan fingerprint density at radius 1 is 1.36 bits per heavy atom. The molecule has 0 bridgehead atoms. The molecule has 4 atom stereocenters. The van der Waals surface area contributed by atoms with Crippen LogP contribution in [-0.4, -0.2) is 77.7 Å². The van der Waals surface area contributed by atoms with Crippen molar-refractivity contribution in [3.05, 3.63) is 46.9 Å². The molecule has 2 aliphatic heterocycles. The van der Waals surface area contributed by atoms with E-state index in [9.17, 15) is 24.3 Å². The number of thioether (sulfide) groups is 2. The lowest BCUT2D eigenvalue weighted by atomic mass is 9.98. The van der Waals surface area contributed by atoms with Crippen molar-refractivity contribution < 1.29 is 29.0 Å². The molecule has 172 valence electrons. The maximum Gasteiger partial charge on any atom is 0.330 e. The highest BCUT2D eigenvalue weighted by Crippen LogP contribution is 2.41. The Balaban J connectivity index is 1.47. The zero-order valence-electron chi connectivity index (χ0n) is 17.1. The van der Waals surface area contributed by atoms with Crippen molar-refractivity contribution in [1.29, 1.82) is 0 Å². The van der Waals surface area contributed by atoms with E-state index in [4.69, 9.17) is 4.74 Å². The van der Waals surface area contributed by atoms with Crippen LogP contribution in [0.2, 0.25) is 0 Å². The van der Waals surface area contributed by atoms with E-state index in [1.807, 2.05) is 0 Å². The lowest BCUT2D eigenvalue weighted by Gasteiger charge is -2.51. The van der Waals surface area contributed by atoms with Crippen LogP contribution in [0.5, 0.6) is 0 Å². The molecule has 1 fully saturated rings. The van der Waals surface area contributed by atoms with Gasteiger partial charge in [-0.25, -0.2) is 9.48 Å². The summed E-state index contributed by atoms with van der Waals surface area (Å²) in [6, 6.07) is 6.27. The molecule has 0 saturated carbocycles. The number of tetrazole rings is 1. The molecule has 2 N–H and O–H groups in total. The zero-order valence-corrected chi connectivity index (χ0v) is 18.7. The van der Waals surface area contributed by atoms with Gasteiger partial charge in [-0.05, 0) is 21.4 Å². The van der Waals surface area contributed by atoms with Gasteiger partial charge in [-0.15, -0.1) is 16.9 Å². The first-order chi connectivity index (χ1) is 15.9. The number of nitrogens with zero attached hydrogens (tertiary/aromatic N) is 5. The summed E-state index contributed by atoms with van der Waals surface area (Å²) in [7, 11) is 1.67. The molecule has 4 rings (SSSR count). The number of aliphatic carboxylic acids is 1. The van der Waals surface area contributed by atoms with Crippen molar-refractivity contribution in [2.45, 2.75) is 28.7 Å². The molecule has 1 aromatic carbocycles. The Kier molecular flexibility index (Phi) is 6.65. The molecule has 1 saturated heterocycles. The quantitative estimate of drug-likeness (QED) is 0.276. The molecule has 1 aromatic heterocycles. The Morgan fingerprint density at radius 2 is 2.12 bits per heavy atom. The number of fused-ring (bicyclic) bond motifs is 1. The second-order valence-corrected chi connectivity index (χ2v) is 9.02. The fraction of sp³-hybridized carbons (Fsp3) is 0.316. The highest BCUT2D eigenvalue weighted by Gasteiger charge is 2.56. The Bertz CT molecular complexity index is 1110. The van der Waals surface area contributed by atoms with Crippen LogP contribution >= 0.6 is 23.5 Å². The number of hydrogen-bond donors (Lipinski definition) is 2. The number of carbonyl (C=O) groups is 4. The second-order valence-electron chi connectivity index (χ2n) is 7.09. The summed E-state index contributed by atoms with van der Waals surface area (Å²) in [6.07, 6.45) is -1.23. The Morgan fingerprint density at radius 3 is 2.76 bits per heavy atom. The number of benzene rings is 1. The number of carboxylic acid groups (broad SMARTS) is 1. The van der Waals surface area contributed by atoms with Gasteiger partial charge in [0.2, 0.25) is 17.2 Å². The van der Waals surface area contributed by atoms with Crippen LogP contribution in [0.15, 0.2) is 46.5 Å². The third-order valence-electron chi connectivity index (χ3n) is 5.08. The SMILES string of the molecule is Cn1nnnc1SCC1=CS[C@@H]2[C@H](NC(=O)[C@H](OC=O)c3ccccc3)C(=O)N2C1C(=O)O. The van der Waals surface area contributed by atoms with Gasteiger partial charge in [0.15, 0.2) is 6.04 Å². The molecule has 0 radical (unpaired) electrons. The number of ether oxygens (including phenoxy) is 1. The van der Waals surface area contributed by atoms with E-state index in [-0.39, 0.29) is 12.2 Å². The number of β-lactam (4-membered cyclic amide) rings is 1. The van der Waals surface area contributed by atoms with Crippen molar-refractivity contribution in [2.24, 2.45) is 7.05 Å². The van der Waals surface area contributed by atoms with Crippen molar-refractivity contribution in [1.82, 2.24) is 30.4 Å². The molecule has 2 amide bonds. The van der Waals surface area contributed by atoms with Gasteiger partial charge in [0, 0.05) is 18.4 Å². The monoisotopic (exact) mass is 490 g/mol. The minimum Gasteiger partial charge on any atom is -0.479 e. The number of aryl methyl sites for hydroxylation is 1. The third-order valence-corrected chi connectivity index (χ3v) is 7.38. The fourth-order valence-corrected chi connectivity index (χ4v) is 5.71. The van der Waals surface area contributed by atoms with E-state index in [0.717, 1.165) is 0 Å². The molecule has 0 spiro atoms. The first kappa shape index (κ1) is 22.8. The van der Waals surface area contributed by atoms with Crippen molar-refractivity contribution >= 4 is 47.8 Å². The van der Waals surface area contributed by atoms with E-state index in [0.29, 0.717) is 16.3 Å². The number of carbonyl (C=O) groups excluding carboxylic acids is 3. The van der Waals surface area contributed by atoms with Gasteiger partial charge in [0.05, 0.1) is 0 Å². The van der Waals surface area contributed by atoms with Crippen LogP contribution in [0.1, 0.15) is 11.7 Å². The molecular weight excluding hydrogens is 472 g/mol. The van der Waals surface area contributed by atoms with Crippen molar-refractivity contribution in [2.75, 3.05) is 5.75 Å². The standard InChI is InChI=1S/C19H18N6O6S2/c1-24-19(21-22-23-24)33-8-11-7-32-17-12(16(28)25(17)13(11)18(29)30)20-15(27)14(31-9-26)10-5-3-2-4-6-10/h2-7,9,12-14,17H,8H2,1H3,(H,20,27)(H,29,30)/t12-,13?,14-,17-/m1/s1. The summed E-state index contributed by atoms with van der Waals surface area (Å²) in [5.41, 5.74) is 0.962. The van der Waals surface area contributed by atoms with Crippen LogP contribution in [0.25, 0.3) is 0 Å². The van der Waals surface area contributed by atoms with E-state index in [1.54, 1.807) is 42.8 Å². The summed E-state index contributed by atoms with van der Waals surface area (Å²) >= 11 is 2.49. The minimum absolute atomic E-state index is 0.168. The van der Waals surface area contributed by atoms with E-state index in [1.165, 1.54) is 33.1 Å². The average Bonchev–Trinajstić information content (AvgIpc) is 3.23. The van der Waals surface area contributed by atoms with Crippen LogP contribution in [0.4, 0.5) is 0 Å². The summed E-state index contributed by atoms with van der Waals surface area (Å²) in [4.78, 5) is 49.8. The van der Waals surface area contributed by atoms with Gasteiger partial charge in [0.25, 0.3) is 12.4 Å². The van der Waals surface area contributed by atoms with Crippen LogP contribution < -0.4 is 5.32 Å². The molecule has 14 heteroatoms. The maximum atomic E-state index is 12.8. The predicted molar refractivity (Wildman–Crippen MR) is 116 cm³/mol. The van der Waals surface area contributed by atoms with Crippen molar-refractivity contribution in [3.63, 3.8) is 0 Å². The number of amides is 2. The Labute approximate surface area is 195 Å². The van der Waals surface area contributed by atoms with Crippen molar-refractivity contribution in [3.8, 4) is 0 Å². The average molecular weight is 491 g/mol. The van der Waals surface area contributed by atoms with Crippen LogP contribution in [-0.2, 0) is 31.0 Å². The number of aromatic nitrogens is 4. The largest absolute Gasteiger partial charge is 0.479 e. The minimum atomic E-state index is -1.23. The topological polar surface area (TPSA) is 157 Å². The zero-order chi connectivity index (χ0) is 23.5. The normalized spacial score (nSPS) is 22.5. The molecule has 0 aliphatic carbocycles. The highest BCUT2D eigenvalue weighted by atomic mass is 32.2. The van der Waals surface area contributed by atoms with Gasteiger partial charge in [-0.3, -0.25) is 14.4 Å². The first-order valence-corrected chi connectivity index (χ1v) is 11.5. The van der Waals surface area contributed by atoms with Gasteiger partial charge in [-0.2, -0.15) is 0 Å². The maximum absolute atomic E-state index is 12.8. The fourth-order valence-electron chi connectivity index (χ4n) is 3.52. The predicted octanol–water partition coefficient (Wildman–Crippen LogP) is -0.0465. The smallest absolute Gasteiger partial charge is 0.330 e. The van der Waals surface area contributed by atoms with E-state index >= 15 is 0 Å². The van der Waals surface area contributed by atoms with Gasteiger partial charge >= 0.3 is 5.97 Å². The van der Waals surface area contributed by atoms with Gasteiger partial charge in [-0.1, -0.05) is 42.1 Å². The van der Waals surface area contributed by atoms with Gasteiger partial charge < -0.3 is 20.1 Å². The third kappa shape index (κ3) is 4.43. The van der Waals surface area contributed by atoms with Crippen LogP contribution in [0.3, 0.4) is 0 Å². The molecule has 2 aliphatic rings. The lowest BCUT2D eigenvalue weighted by molar-refractivity contribution is -0.161. The number of hydrogen-bond acceptors (Lipinski definition) is 10. The first-order valence-electron chi connectivity index (χ1n) is 9.61. The summed E-state index contributed by atoms with van der Waals surface area (Å²) < 4.78 is 6.40.